The Morgan fingerprint density at radius 2 is 1.25 bits per heavy atom. The van der Waals surface area contributed by atoms with Crippen LogP contribution < -0.4 is 0 Å². The van der Waals surface area contributed by atoms with Gasteiger partial charge in [-0.25, -0.2) is 19.6 Å². The third kappa shape index (κ3) is 5.48. The molecule has 1 aromatic carbocycles. The van der Waals surface area contributed by atoms with E-state index >= 15 is 0 Å². The van der Waals surface area contributed by atoms with E-state index in [1.165, 1.54) is 12.3 Å². The number of aromatic nitrogens is 2. The molecule has 0 aliphatic carbocycles. The Kier molecular flexibility index (Phi) is 6.87. The number of hydrogen-bond donors (Lipinski definition) is 0. The Hall–Kier alpha value is -3.75. The lowest BCUT2D eigenvalue weighted by atomic mass is 10.0. The van der Waals surface area contributed by atoms with Gasteiger partial charge in [-0.3, -0.25) is 0 Å². The summed E-state index contributed by atoms with van der Waals surface area (Å²) in [6.45, 7) is 2.75. The van der Waals surface area contributed by atoms with Gasteiger partial charge in [-0.1, -0.05) is 36.4 Å². The van der Waals surface area contributed by atoms with Crippen LogP contribution in [0.2, 0.25) is 0 Å². The molecule has 32 heavy (non-hydrogen) atoms. The summed E-state index contributed by atoms with van der Waals surface area (Å²) in [5.74, 6) is -1.63. The van der Waals surface area contributed by atoms with Crippen molar-refractivity contribution in [3.63, 3.8) is 0 Å². The van der Waals surface area contributed by atoms with Crippen LogP contribution in [0.15, 0.2) is 60.9 Å². The number of carbonyl (C=O) groups is 2. The van der Waals surface area contributed by atoms with Gasteiger partial charge >= 0.3 is 18.1 Å². The largest absolute Gasteiger partial charge is 0.461 e. The van der Waals surface area contributed by atoms with Gasteiger partial charge in [-0.2, -0.15) is 13.2 Å². The summed E-state index contributed by atoms with van der Waals surface area (Å²) in [5.41, 5.74) is 3.15. The van der Waals surface area contributed by atoms with E-state index in [0.717, 1.165) is 23.6 Å². The predicted molar refractivity (Wildman–Crippen MR) is 110 cm³/mol. The molecule has 0 amide bonds. The number of carbonyl (C=O) groups excluding carboxylic acids is 2. The molecule has 0 spiro atoms. The Balaban J connectivity index is 1.70. The van der Waals surface area contributed by atoms with E-state index in [4.69, 9.17) is 4.74 Å². The van der Waals surface area contributed by atoms with Crippen LogP contribution >= 0.6 is 0 Å². The maximum absolute atomic E-state index is 12.5. The molecule has 166 valence electrons. The number of halogens is 3. The average Bonchev–Trinajstić information content (AvgIpc) is 2.79. The zero-order valence-corrected chi connectivity index (χ0v) is 17.2. The van der Waals surface area contributed by atoms with Crippen molar-refractivity contribution in [3.8, 4) is 22.3 Å². The van der Waals surface area contributed by atoms with Crippen LogP contribution in [-0.4, -0.2) is 40.8 Å². The molecule has 0 bridgehead atoms. The van der Waals surface area contributed by atoms with Crippen LogP contribution in [0, 0.1) is 0 Å². The van der Waals surface area contributed by atoms with Crippen LogP contribution in [0.5, 0.6) is 0 Å². The number of rotatable bonds is 6. The first-order valence-corrected chi connectivity index (χ1v) is 9.66. The van der Waals surface area contributed by atoms with Crippen molar-refractivity contribution in [3.05, 3.63) is 72.3 Å². The molecule has 0 aliphatic heterocycles. The normalized spacial score (nSPS) is 12.2. The molecule has 0 saturated carbocycles. The molecule has 9 heteroatoms. The maximum Gasteiger partial charge on any atom is 0.425 e. The van der Waals surface area contributed by atoms with Crippen LogP contribution in [0.1, 0.15) is 34.8 Å². The van der Waals surface area contributed by atoms with Crippen molar-refractivity contribution >= 4 is 11.9 Å². The number of nitrogens with zero attached hydrogens (tertiary/aromatic N) is 2. The topological polar surface area (TPSA) is 78.4 Å². The molecule has 3 rings (SSSR count). The number of ether oxygens (including phenoxy) is 2. The van der Waals surface area contributed by atoms with E-state index in [9.17, 15) is 22.8 Å². The molecule has 6 nitrogen and oxygen atoms in total. The Bertz CT molecular complexity index is 1080. The lowest BCUT2D eigenvalue weighted by molar-refractivity contribution is -0.198. The van der Waals surface area contributed by atoms with Gasteiger partial charge in [0.1, 0.15) is 11.4 Å². The molecule has 3 aromatic rings. The van der Waals surface area contributed by atoms with Crippen LogP contribution in [-0.2, 0) is 9.47 Å². The SMILES string of the molecule is CCOC(=O)c1ccc(-c2ccc(-c3ccc(C(=O)O[C@@H](C)C(F)(F)F)nc3)cc2)cn1. The maximum atomic E-state index is 12.5. The zero-order valence-electron chi connectivity index (χ0n) is 17.2. The standard InChI is InChI=1S/C23H19F3N2O4/c1-3-31-21(29)19-10-8-17(12-27-19)15-4-6-16(7-5-15)18-9-11-20(28-13-18)22(30)32-14(2)23(24,25)26/h4-14H,3H2,1-2H3/t14-/m0/s1. The molecule has 0 unspecified atom stereocenters. The predicted octanol–water partition coefficient (Wildman–Crippen LogP) is 5.09. The molecule has 0 aliphatic rings. The fourth-order valence-electron chi connectivity index (χ4n) is 2.72. The molecule has 1 atom stereocenters. The molecule has 0 radical (unpaired) electrons. The lowest BCUT2D eigenvalue weighted by Gasteiger charge is -2.15. The summed E-state index contributed by atoms with van der Waals surface area (Å²) < 4.78 is 46.9. The number of hydrogen-bond acceptors (Lipinski definition) is 6. The summed E-state index contributed by atoms with van der Waals surface area (Å²) in [7, 11) is 0. The van der Waals surface area contributed by atoms with Gasteiger partial charge in [0, 0.05) is 23.5 Å². The number of alkyl halides is 3. The number of esters is 2. The molecular formula is C23H19F3N2O4. The van der Waals surface area contributed by atoms with Gasteiger partial charge in [0.05, 0.1) is 6.61 Å². The Morgan fingerprint density at radius 3 is 1.62 bits per heavy atom. The van der Waals surface area contributed by atoms with Gasteiger partial charge in [0.2, 0.25) is 0 Å². The van der Waals surface area contributed by atoms with Crippen LogP contribution in [0.3, 0.4) is 0 Å². The first kappa shape index (κ1) is 22.9. The third-order valence-electron chi connectivity index (χ3n) is 4.52. The Morgan fingerprint density at radius 1 is 0.812 bits per heavy atom. The first-order valence-electron chi connectivity index (χ1n) is 9.66. The number of pyridine rings is 2. The van der Waals surface area contributed by atoms with Crippen molar-refractivity contribution in [1.82, 2.24) is 9.97 Å². The summed E-state index contributed by atoms with van der Waals surface area (Å²) >= 11 is 0. The lowest BCUT2D eigenvalue weighted by Crippen LogP contribution is -2.31. The minimum absolute atomic E-state index is 0.214. The molecular weight excluding hydrogens is 425 g/mol. The minimum atomic E-state index is -4.63. The molecule has 0 saturated heterocycles. The van der Waals surface area contributed by atoms with Crippen LogP contribution in [0.4, 0.5) is 13.2 Å². The van der Waals surface area contributed by atoms with Gasteiger partial charge in [0.15, 0.2) is 6.10 Å². The van der Waals surface area contributed by atoms with Gasteiger partial charge in [-0.15, -0.1) is 0 Å². The summed E-state index contributed by atoms with van der Waals surface area (Å²) in [6, 6.07) is 13.6. The van der Waals surface area contributed by atoms with Crippen molar-refractivity contribution in [2.24, 2.45) is 0 Å². The van der Waals surface area contributed by atoms with Crippen molar-refractivity contribution in [2.75, 3.05) is 6.61 Å². The van der Waals surface area contributed by atoms with E-state index in [1.54, 1.807) is 31.3 Å². The van der Waals surface area contributed by atoms with E-state index in [-0.39, 0.29) is 18.0 Å². The Labute approximate surface area is 182 Å². The minimum Gasteiger partial charge on any atom is -0.461 e. The highest BCUT2D eigenvalue weighted by molar-refractivity contribution is 5.88. The van der Waals surface area contributed by atoms with E-state index in [1.807, 2.05) is 24.3 Å². The third-order valence-corrected chi connectivity index (χ3v) is 4.52. The smallest absolute Gasteiger partial charge is 0.425 e. The van der Waals surface area contributed by atoms with Gasteiger partial charge < -0.3 is 9.47 Å². The average molecular weight is 444 g/mol. The summed E-state index contributed by atoms with van der Waals surface area (Å²) in [5, 5.41) is 0. The van der Waals surface area contributed by atoms with E-state index < -0.39 is 24.2 Å². The van der Waals surface area contributed by atoms with E-state index in [2.05, 4.69) is 14.7 Å². The van der Waals surface area contributed by atoms with Crippen molar-refractivity contribution in [2.45, 2.75) is 26.1 Å². The zero-order chi connectivity index (χ0) is 23.3. The van der Waals surface area contributed by atoms with Crippen molar-refractivity contribution < 1.29 is 32.2 Å². The second-order valence-corrected chi connectivity index (χ2v) is 6.75. The highest BCUT2D eigenvalue weighted by Gasteiger charge is 2.39. The van der Waals surface area contributed by atoms with Gasteiger partial charge in [0.25, 0.3) is 0 Å². The number of benzene rings is 1. The van der Waals surface area contributed by atoms with E-state index in [0.29, 0.717) is 5.56 Å². The fourth-order valence-corrected chi connectivity index (χ4v) is 2.72. The highest BCUT2D eigenvalue weighted by atomic mass is 19.4. The second-order valence-electron chi connectivity index (χ2n) is 6.75. The summed E-state index contributed by atoms with van der Waals surface area (Å²) in [6.07, 6.45) is -3.89. The molecule has 2 aromatic heterocycles. The monoisotopic (exact) mass is 444 g/mol. The van der Waals surface area contributed by atoms with Crippen LogP contribution in [0.25, 0.3) is 22.3 Å². The summed E-state index contributed by atoms with van der Waals surface area (Å²) in [4.78, 5) is 31.6. The molecule has 0 N–H and O–H groups in total. The highest BCUT2D eigenvalue weighted by Crippen LogP contribution is 2.26. The second kappa shape index (κ2) is 9.59. The quantitative estimate of drug-likeness (QED) is 0.493. The first-order chi connectivity index (χ1) is 15.2. The van der Waals surface area contributed by atoms with Gasteiger partial charge in [-0.05, 0) is 37.1 Å². The molecule has 2 heterocycles. The van der Waals surface area contributed by atoms with Crippen molar-refractivity contribution in [1.29, 1.82) is 0 Å². The fraction of sp³-hybridized carbons (Fsp3) is 0.217. The molecule has 0 fully saturated rings.